The Labute approximate surface area is 89.5 Å². The van der Waals surface area contributed by atoms with E-state index in [2.05, 4.69) is 18.0 Å². The third-order valence-corrected chi connectivity index (χ3v) is 2.51. The van der Waals surface area contributed by atoms with Crippen LogP contribution in [0.1, 0.15) is 5.56 Å². The lowest BCUT2D eigenvalue weighted by atomic mass is 10.2. The molecule has 0 radical (unpaired) electrons. The fraction of sp³-hybridized carbons (Fsp3) is 0.333. The van der Waals surface area contributed by atoms with Crippen LogP contribution < -0.4 is 5.73 Å². The first kappa shape index (κ1) is 10.2. The second-order valence-electron chi connectivity index (χ2n) is 3.78. The number of benzene rings is 1. The van der Waals surface area contributed by atoms with Crippen molar-refractivity contribution in [3.8, 4) is 0 Å². The number of likely N-dealkylation sites (N-methyl/N-ethyl adjacent to an activating group) is 1. The van der Waals surface area contributed by atoms with Gasteiger partial charge in [0.1, 0.15) is 5.58 Å². The minimum Gasteiger partial charge on any atom is -0.464 e. The van der Waals surface area contributed by atoms with Crippen LogP contribution in [0.15, 0.2) is 34.9 Å². The summed E-state index contributed by atoms with van der Waals surface area (Å²) in [5, 5.41) is 1.20. The van der Waals surface area contributed by atoms with E-state index in [0.717, 1.165) is 18.7 Å². The average molecular weight is 204 g/mol. The smallest absolute Gasteiger partial charge is 0.134 e. The standard InChI is InChI=1S/C12H16N2O/c1-14(7-6-13)8-10-9-15-12-5-3-2-4-11(10)12/h2-5,9H,6-8,13H2,1H3. The van der Waals surface area contributed by atoms with Crippen molar-refractivity contribution in [2.24, 2.45) is 5.73 Å². The molecule has 0 spiro atoms. The molecule has 1 aromatic carbocycles. The van der Waals surface area contributed by atoms with Gasteiger partial charge < -0.3 is 15.1 Å². The number of hydrogen-bond acceptors (Lipinski definition) is 3. The highest BCUT2D eigenvalue weighted by Crippen LogP contribution is 2.21. The monoisotopic (exact) mass is 204 g/mol. The number of nitrogens with two attached hydrogens (primary N) is 1. The van der Waals surface area contributed by atoms with Gasteiger partial charge in [-0.1, -0.05) is 18.2 Å². The molecule has 0 fully saturated rings. The molecule has 3 nitrogen and oxygen atoms in total. The topological polar surface area (TPSA) is 42.4 Å². The summed E-state index contributed by atoms with van der Waals surface area (Å²) in [6, 6.07) is 8.09. The maximum Gasteiger partial charge on any atom is 0.134 e. The van der Waals surface area contributed by atoms with Crippen LogP contribution in [-0.4, -0.2) is 25.0 Å². The SMILES string of the molecule is CN(CCN)Cc1coc2ccccc12. The molecule has 0 saturated heterocycles. The van der Waals surface area contributed by atoms with Crippen LogP contribution in [0.4, 0.5) is 0 Å². The Kier molecular flexibility index (Phi) is 3.04. The summed E-state index contributed by atoms with van der Waals surface area (Å²) in [7, 11) is 2.06. The number of para-hydroxylation sites is 1. The van der Waals surface area contributed by atoms with E-state index in [-0.39, 0.29) is 0 Å². The van der Waals surface area contributed by atoms with E-state index in [4.69, 9.17) is 10.2 Å². The Morgan fingerprint density at radius 1 is 1.33 bits per heavy atom. The van der Waals surface area contributed by atoms with Crippen molar-refractivity contribution in [2.75, 3.05) is 20.1 Å². The Bertz CT molecular complexity index is 436. The second-order valence-corrected chi connectivity index (χ2v) is 3.78. The van der Waals surface area contributed by atoms with Crippen molar-refractivity contribution in [3.63, 3.8) is 0 Å². The van der Waals surface area contributed by atoms with E-state index in [1.165, 1.54) is 10.9 Å². The van der Waals surface area contributed by atoms with Gasteiger partial charge in [-0.05, 0) is 13.1 Å². The van der Waals surface area contributed by atoms with Crippen LogP contribution in [0.2, 0.25) is 0 Å². The first-order chi connectivity index (χ1) is 7.31. The molecule has 1 heterocycles. The molecule has 2 N–H and O–H groups in total. The molecule has 0 aliphatic heterocycles. The van der Waals surface area contributed by atoms with E-state index < -0.39 is 0 Å². The van der Waals surface area contributed by atoms with Gasteiger partial charge in [0.25, 0.3) is 0 Å². The van der Waals surface area contributed by atoms with Crippen LogP contribution >= 0.6 is 0 Å². The lowest BCUT2D eigenvalue weighted by molar-refractivity contribution is 0.336. The quantitative estimate of drug-likeness (QED) is 0.826. The van der Waals surface area contributed by atoms with E-state index in [1.807, 2.05) is 24.5 Å². The van der Waals surface area contributed by atoms with Crippen LogP contribution in [0.25, 0.3) is 11.0 Å². The average Bonchev–Trinajstić information content (AvgIpc) is 2.62. The predicted molar refractivity (Wildman–Crippen MR) is 61.6 cm³/mol. The lowest BCUT2D eigenvalue weighted by Crippen LogP contribution is -2.24. The number of furan rings is 1. The first-order valence-electron chi connectivity index (χ1n) is 5.15. The zero-order valence-corrected chi connectivity index (χ0v) is 8.94. The highest BCUT2D eigenvalue weighted by atomic mass is 16.3. The van der Waals surface area contributed by atoms with Gasteiger partial charge in [0.05, 0.1) is 6.26 Å². The van der Waals surface area contributed by atoms with E-state index >= 15 is 0 Å². The summed E-state index contributed by atoms with van der Waals surface area (Å²) in [6.45, 7) is 2.47. The predicted octanol–water partition coefficient (Wildman–Crippen LogP) is 1.82. The summed E-state index contributed by atoms with van der Waals surface area (Å²) in [4.78, 5) is 2.19. The highest BCUT2D eigenvalue weighted by Gasteiger charge is 2.06. The molecule has 1 aromatic heterocycles. The lowest BCUT2D eigenvalue weighted by Gasteiger charge is -2.13. The Morgan fingerprint density at radius 3 is 2.93 bits per heavy atom. The molecule has 2 aromatic rings. The van der Waals surface area contributed by atoms with Crippen molar-refractivity contribution in [1.29, 1.82) is 0 Å². The Hall–Kier alpha value is -1.32. The molecule has 0 saturated carbocycles. The van der Waals surface area contributed by atoms with Crippen molar-refractivity contribution >= 4 is 11.0 Å². The Morgan fingerprint density at radius 2 is 2.13 bits per heavy atom. The largest absolute Gasteiger partial charge is 0.464 e. The molecule has 0 bridgehead atoms. The van der Waals surface area contributed by atoms with Gasteiger partial charge in [-0.25, -0.2) is 0 Å². The molecule has 2 rings (SSSR count). The molecule has 0 unspecified atom stereocenters. The summed E-state index contributed by atoms with van der Waals surface area (Å²) in [5.74, 6) is 0. The van der Waals surface area contributed by atoms with Crippen LogP contribution in [0.5, 0.6) is 0 Å². The summed E-state index contributed by atoms with van der Waals surface area (Å²) in [5.41, 5.74) is 7.68. The van der Waals surface area contributed by atoms with Gasteiger partial charge in [0, 0.05) is 30.6 Å². The van der Waals surface area contributed by atoms with E-state index in [0.29, 0.717) is 6.54 Å². The third kappa shape index (κ3) is 2.19. The van der Waals surface area contributed by atoms with Crippen molar-refractivity contribution < 1.29 is 4.42 Å². The van der Waals surface area contributed by atoms with Crippen molar-refractivity contribution in [2.45, 2.75) is 6.54 Å². The minimum atomic E-state index is 0.687. The summed E-state index contributed by atoms with van der Waals surface area (Å²) < 4.78 is 5.47. The normalized spacial score (nSPS) is 11.4. The van der Waals surface area contributed by atoms with Crippen molar-refractivity contribution in [1.82, 2.24) is 4.90 Å². The van der Waals surface area contributed by atoms with Gasteiger partial charge >= 0.3 is 0 Å². The number of hydrogen-bond donors (Lipinski definition) is 1. The molecule has 0 atom stereocenters. The second kappa shape index (κ2) is 4.47. The number of fused-ring (bicyclic) bond motifs is 1. The van der Waals surface area contributed by atoms with E-state index in [9.17, 15) is 0 Å². The summed E-state index contributed by atoms with van der Waals surface area (Å²) in [6.07, 6.45) is 1.83. The molecule has 0 aliphatic rings. The minimum absolute atomic E-state index is 0.687. The molecular weight excluding hydrogens is 188 g/mol. The molecule has 15 heavy (non-hydrogen) atoms. The zero-order valence-electron chi connectivity index (χ0n) is 8.94. The first-order valence-corrected chi connectivity index (χ1v) is 5.15. The van der Waals surface area contributed by atoms with Gasteiger partial charge in [-0.2, -0.15) is 0 Å². The van der Waals surface area contributed by atoms with Gasteiger partial charge in [0.15, 0.2) is 0 Å². The highest BCUT2D eigenvalue weighted by molar-refractivity contribution is 5.80. The molecule has 80 valence electrons. The molecular formula is C12H16N2O. The molecule has 0 aliphatic carbocycles. The maximum absolute atomic E-state index is 5.51. The molecule has 3 heteroatoms. The maximum atomic E-state index is 5.51. The Balaban J connectivity index is 2.21. The zero-order chi connectivity index (χ0) is 10.7. The third-order valence-electron chi connectivity index (χ3n) is 2.51. The van der Waals surface area contributed by atoms with Gasteiger partial charge in [-0.3, -0.25) is 0 Å². The van der Waals surface area contributed by atoms with Gasteiger partial charge in [0.2, 0.25) is 0 Å². The van der Waals surface area contributed by atoms with Crippen LogP contribution in [0.3, 0.4) is 0 Å². The number of nitrogens with zero attached hydrogens (tertiary/aromatic N) is 1. The van der Waals surface area contributed by atoms with Gasteiger partial charge in [-0.15, -0.1) is 0 Å². The van der Waals surface area contributed by atoms with E-state index in [1.54, 1.807) is 0 Å². The fourth-order valence-corrected chi connectivity index (χ4v) is 1.75. The van der Waals surface area contributed by atoms with Crippen molar-refractivity contribution in [3.05, 3.63) is 36.1 Å². The summed E-state index contributed by atoms with van der Waals surface area (Å²) >= 11 is 0. The number of rotatable bonds is 4. The molecule has 0 amide bonds. The van der Waals surface area contributed by atoms with Crippen LogP contribution in [-0.2, 0) is 6.54 Å². The van der Waals surface area contributed by atoms with Crippen LogP contribution in [0, 0.1) is 0 Å². The fourth-order valence-electron chi connectivity index (χ4n) is 1.75.